The zero-order valence-corrected chi connectivity index (χ0v) is 10.9. The van der Waals surface area contributed by atoms with Gasteiger partial charge >= 0.3 is 0 Å². The van der Waals surface area contributed by atoms with Crippen molar-refractivity contribution in [3.63, 3.8) is 0 Å². The minimum absolute atomic E-state index is 0.382. The minimum Gasteiger partial charge on any atom is -0.328 e. The van der Waals surface area contributed by atoms with Crippen LogP contribution < -0.4 is 5.73 Å². The van der Waals surface area contributed by atoms with E-state index < -0.39 is 0 Å². The maximum Gasteiger partial charge on any atom is 0.00693 e. The van der Waals surface area contributed by atoms with Crippen molar-refractivity contribution in [1.29, 1.82) is 0 Å². The highest BCUT2D eigenvalue weighted by molar-refractivity contribution is 4.80. The molecule has 0 saturated carbocycles. The van der Waals surface area contributed by atoms with Crippen LogP contribution in [0.4, 0.5) is 0 Å². The Balaban J connectivity index is 2.30. The fourth-order valence-electron chi connectivity index (χ4n) is 2.72. The molecule has 2 nitrogen and oxygen atoms in total. The zero-order chi connectivity index (χ0) is 11.4. The Bertz CT molecular complexity index is 169. The summed E-state index contributed by atoms with van der Waals surface area (Å²) in [5.74, 6) is 1.57. The normalized spacial score (nSPS) is 24.4. The van der Waals surface area contributed by atoms with E-state index >= 15 is 0 Å². The van der Waals surface area contributed by atoms with E-state index in [-0.39, 0.29) is 0 Å². The highest BCUT2D eigenvalue weighted by Gasteiger charge is 2.24. The predicted molar refractivity (Wildman–Crippen MR) is 66.9 cm³/mol. The van der Waals surface area contributed by atoms with Gasteiger partial charge in [0.25, 0.3) is 0 Å². The van der Waals surface area contributed by atoms with Crippen molar-refractivity contribution >= 4 is 0 Å². The van der Waals surface area contributed by atoms with Crippen molar-refractivity contribution in [3.8, 4) is 0 Å². The summed E-state index contributed by atoms with van der Waals surface area (Å²) < 4.78 is 0. The van der Waals surface area contributed by atoms with E-state index in [0.29, 0.717) is 6.04 Å². The lowest BCUT2D eigenvalue weighted by Gasteiger charge is -2.37. The average Bonchev–Trinajstić information content (AvgIpc) is 2.17. The fourth-order valence-corrected chi connectivity index (χ4v) is 2.72. The first-order chi connectivity index (χ1) is 7.00. The van der Waals surface area contributed by atoms with Gasteiger partial charge in [-0.05, 0) is 58.0 Å². The van der Waals surface area contributed by atoms with Crippen molar-refractivity contribution in [2.45, 2.75) is 59.0 Å². The van der Waals surface area contributed by atoms with Crippen molar-refractivity contribution in [2.75, 3.05) is 13.1 Å². The van der Waals surface area contributed by atoms with Gasteiger partial charge in [0.1, 0.15) is 0 Å². The second-order valence-electron chi connectivity index (χ2n) is 5.71. The summed E-state index contributed by atoms with van der Waals surface area (Å²) in [4.78, 5) is 2.64. The number of rotatable bonds is 4. The van der Waals surface area contributed by atoms with Crippen molar-refractivity contribution < 1.29 is 0 Å². The summed E-state index contributed by atoms with van der Waals surface area (Å²) in [6, 6.07) is 1.13. The van der Waals surface area contributed by atoms with Gasteiger partial charge < -0.3 is 10.6 Å². The van der Waals surface area contributed by atoms with Gasteiger partial charge in [-0.2, -0.15) is 0 Å². The first-order valence-corrected chi connectivity index (χ1v) is 6.50. The van der Waals surface area contributed by atoms with Crippen LogP contribution in [0.5, 0.6) is 0 Å². The van der Waals surface area contributed by atoms with Gasteiger partial charge in [-0.25, -0.2) is 0 Å². The molecule has 0 spiro atoms. The molecule has 2 atom stereocenters. The Morgan fingerprint density at radius 3 is 2.07 bits per heavy atom. The van der Waals surface area contributed by atoms with Crippen molar-refractivity contribution in [1.82, 2.24) is 4.90 Å². The van der Waals surface area contributed by atoms with Crippen LogP contribution in [0.25, 0.3) is 0 Å². The summed E-state index contributed by atoms with van der Waals surface area (Å²) in [6.07, 6.45) is 3.91. The van der Waals surface area contributed by atoms with E-state index in [1.165, 1.54) is 32.4 Å². The van der Waals surface area contributed by atoms with Gasteiger partial charge in [0, 0.05) is 12.1 Å². The predicted octanol–water partition coefficient (Wildman–Crippen LogP) is 2.48. The highest BCUT2D eigenvalue weighted by atomic mass is 15.2. The molecule has 1 heterocycles. The van der Waals surface area contributed by atoms with E-state index in [2.05, 4.69) is 32.6 Å². The molecule has 2 heteroatoms. The third-order valence-corrected chi connectivity index (χ3v) is 3.75. The first-order valence-electron chi connectivity index (χ1n) is 6.50. The maximum absolute atomic E-state index is 5.95. The van der Waals surface area contributed by atoms with Gasteiger partial charge in [-0.3, -0.25) is 0 Å². The molecular formula is C13H28N2. The number of nitrogens with two attached hydrogens (primary N) is 1. The minimum atomic E-state index is 0.382. The molecule has 0 aromatic heterocycles. The van der Waals surface area contributed by atoms with Crippen LogP contribution in [-0.2, 0) is 0 Å². The standard InChI is InChI=1S/C13H28N2/c1-10(2)9-11(3)15-7-5-13(6-8-15)12(4)14/h10-13H,5-9,14H2,1-4H3. The average molecular weight is 212 g/mol. The Morgan fingerprint density at radius 1 is 1.13 bits per heavy atom. The smallest absolute Gasteiger partial charge is 0.00693 e. The second-order valence-corrected chi connectivity index (χ2v) is 5.71. The van der Waals surface area contributed by atoms with Crippen LogP contribution in [0.3, 0.4) is 0 Å². The van der Waals surface area contributed by atoms with Crippen molar-refractivity contribution in [2.24, 2.45) is 17.6 Å². The van der Waals surface area contributed by atoms with E-state index in [9.17, 15) is 0 Å². The van der Waals surface area contributed by atoms with E-state index in [4.69, 9.17) is 5.73 Å². The molecule has 15 heavy (non-hydrogen) atoms. The first kappa shape index (κ1) is 13.0. The number of nitrogens with zero attached hydrogens (tertiary/aromatic N) is 1. The van der Waals surface area contributed by atoms with E-state index in [1.54, 1.807) is 0 Å². The Kier molecular flexibility index (Phi) is 5.07. The van der Waals surface area contributed by atoms with Gasteiger partial charge in [-0.1, -0.05) is 13.8 Å². The van der Waals surface area contributed by atoms with Gasteiger partial charge in [0.05, 0.1) is 0 Å². The summed E-state index contributed by atoms with van der Waals surface area (Å²) in [5, 5.41) is 0. The Morgan fingerprint density at radius 2 is 1.67 bits per heavy atom. The molecule has 0 aromatic carbocycles. The lowest BCUT2D eigenvalue weighted by molar-refractivity contribution is 0.120. The fraction of sp³-hybridized carbons (Fsp3) is 1.00. The van der Waals surface area contributed by atoms with Gasteiger partial charge in [0.15, 0.2) is 0 Å². The molecule has 0 radical (unpaired) electrons. The van der Waals surface area contributed by atoms with Gasteiger partial charge in [0.2, 0.25) is 0 Å². The van der Waals surface area contributed by atoms with E-state index in [1.807, 2.05) is 0 Å². The van der Waals surface area contributed by atoms with E-state index in [0.717, 1.165) is 17.9 Å². The topological polar surface area (TPSA) is 29.3 Å². The van der Waals surface area contributed by atoms with Crippen LogP contribution in [0.2, 0.25) is 0 Å². The largest absolute Gasteiger partial charge is 0.328 e. The molecular weight excluding hydrogens is 184 g/mol. The number of hydrogen-bond donors (Lipinski definition) is 1. The lowest BCUT2D eigenvalue weighted by Crippen LogP contribution is -2.43. The Hall–Kier alpha value is -0.0800. The Labute approximate surface area is 95.2 Å². The second kappa shape index (κ2) is 5.86. The number of hydrogen-bond acceptors (Lipinski definition) is 2. The third kappa shape index (κ3) is 4.12. The molecule has 2 unspecified atom stereocenters. The third-order valence-electron chi connectivity index (χ3n) is 3.75. The van der Waals surface area contributed by atoms with Crippen LogP contribution in [0, 0.1) is 11.8 Å². The summed E-state index contributed by atoms with van der Waals surface area (Å²) in [7, 11) is 0. The van der Waals surface area contributed by atoms with Crippen molar-refractivity contribution in [3.05, 3.63) is 0 Å². The summed E-state index contributed by atoms with van der Waals surface area (Å²) >= 11 is 0. The summed E-state index contributed by atoms with van der Waals surface area (Å²) in [6.45, 7) is 11.6. The molecule has 2 N–H and O–H groups in total. The quantitative estimate of drug-likeness (QED) is 0.776. The zero-order valence-electron chi connectivity index (χ0n) is 10.9. The molecule has 1 fully saturated rings. The van der Waals surface area contributed by atoms with Crippen LogP contribution in [0.1, 0.15) is 47.0 Å². The van der Waals surface area contributed by atoms with Crippen LogP contribution in [0.15, 0.2) is 0 Å². The lowest BCUT2D eigenvalue weighted by atomic mass is 9.89. The number of likely N-dealkylation sites (tertiary alicyclic amines) is 1. The molecule has 0 aromatic rings. The van der Waals surface area contributed by atoms with Gasteiger partial charge in [-0.15, -0.1) is 0 Å². The molecule has 1 saturated heterocycles. The molecule has 1 rings (SSSR count). The highest BCUT2D eigenvalue weighted by Crippen LogP contribution is 2.22. The van der Waals surface area contributed by atoms with Crippen LogP contribution >= 0.6 is 0 Å². The molecule has 1 aliphatic heterocycles. The monoisotopic (exact) mass is 212 g/mol. The number of piperidine rings is 1. The maximum atomic E-state index is 5.95. The molecule has 0 amide bonds. The molecule has 1 aliphatic rings. The summed E-state index contributed by atoms with van der Waals surface area (Å²) in [5.41, 5.74) is 5.95. The molecule has 90 valence electrons. The molecule has 0 aliphatic carbocycles. The molecule has 0 bridgehead atoms. The SMILES string of the molecule is CC(C)CC(C)N1CCC(C(C)N)CC1. The van der Waals surface area contributed by atoms with Crippen LogP contribution in [-0.4, -0.2) is 30.1 Å².